The summed E-state index contributed by atoms with van der Waals surface area (Å²) in [6.45, 7) is 2.06. The van der Waals surface area contributed by atoms with E-state index in [1.807, 2.05) is 23.8 Å². The topological polar surface area (TPSA) is 79.2 Å². The highest BCUT2D eigenvalue weighted by atomic mass is 32.1. The number of aromatic nitrogens is 2. The van der Waals surface area contributed by atoms with E-state index in [1.54, 1.807) is 17.8 Å². The van der Waals surface area contributed by atoms with Gasteiger partial charge in [-0.15, -0.1) is 0 Å². The first-order chi connectivity index (χ1) is 9.06. The second-order valence-corrected chi connectivity index (χ2v) is 4.98. The van der Waals surface area contributed by atoms with E-state index in [4.69, 9.17) is 0 Å². The molecule has 1 unspecified atom stereocenters. The normalized spacial score (nSPS) is 12.2. The number of nitrogens with zero attached hydrogens (tertiary/aromatic N) is 2. The molecule has 19 heavy (non-hydrogen) atoms. The first-order valence-corrected chi connectivity index (χ1v) is 6.76. The summed E-state index contributed by atoms with van der Waals surface area (Å²) in [7, 11) is 1.80. The van der Waals surface area contributed by atoms with Gasteiger partial charge in [0, 0.05) is 25.4 Å². The number of rotatable bonds is 4. The molecule has 2 aromatic rings. The minimum Gasteiger partial charge on any atom is -0.387 e. The molecule has 7 heteroatoms. The fourth-order valence-electron chi connectivity index (χ4n) is 1.55. The summed E-state index contributed by atoms with van der Waals surface area (Å²) in [6.07, 6.45) is -0.692. The highest BCUT2D eigenvalue weighted by Gasteiger charge is 2.10. The molecule has 102 valence electrons. The zero-order valence-electron chi connectivity index (χ0n) is 10.8. The number of aliphatic hydroxyl groups is 1. The molecule has 0 saturated heterocycles. The molecule has 0 aliphatic rings. The molecule has 2 aromatic heterocycles. The first kappa shape index (κ1) is 13.6. The minimum atomic E-state index is -0.692. The van der Waals surface area contributed by atoms with Gasteiger partial charge in [0.05, 0.1) is 6.10 Å². The van der Waals surface area contributed by atoms with Gasteiger partial charge in [-0.25, -0.2) is 4.79 Å². The molecule has 2 amide bonds. The third kappa shape index (κ3) is 3.55. The summed E-state index contributed by atoms with van der Waals surface area (Å²) in [5, 5.41) is 22.9. The van der Waals surface area contributed by atoms with E-state index in [0.29, 0.717) is 5.82 Å². The molecule has 0 aliphatic carbocycles. The van der Waals surface area contributed by atoms with Crippen molar-refractivity contribution in [2.75, 3.05) is 11.9 Å². The van der Waals surface area contributed by atoms with Gasteiger partial charge in [-0.05, 0) is 29.3 Å². The Morgan fingerprint density at radius 3 is 3.00 bits per heavy atom. The lowest BCUT2D eigenvalue weighted by molar-refractivity contribution is 0.175. The fourth-order valence-corrected chi connectivity index (χ4v) is 2.26. The average molecular weight is 280 g/mol. The Balaban J connectivity index is 1.81. The average Bonchev–Trinajstić information content (AvgIpc) is 2.98. The minimum absolute atomic E-state index is 0.161. The lowest BCUT2D eigenvalue weighted by Crippen LogP contribution is -2.32. The zero-order chi connectivity index (χ0) is 13.8. The number of hydrogen-bond donors (Lipinski definition) is 3. The second-order valence-electron chi connectivity index (χ2n) is 4.20. The van der Waals surface area contributed by atoms with Crippen molar-refractivity contribution in [3.63, 3.8) is 0 Å². The number of urea groups is 1. The van der Waals surface area contributed by atoms with Crippen LogP contribution in [0.4, 0.5) is 10.6 Å². The van der Waals surface area contributed by atoms with Crippen LogP contribution in [-0.4, -0.2) is 27.5 Å². The smallest absolute Gasteiger partial charge is 0.320 e. The van der Waals surface area contributed by atoms with E-state index >= 15 is 0 Å². The van der Waals surface area contributed by atoms with Crippen LogP contribution in [0.3, 0.4) is 0 Å². The molecule has 0 aliphatic heterocycles. The molecule has 0 saturated carbocycles. The number of carbonyl (C=O) groups is 1. The van der Waals surface area contributed by atoms with Crippen molar-refractivity contribution in [1.29, 1.82) is 0 Å². The summed E-state index contributed by atoms with van der Waals surface area (Å²) in [5.41, 5.74) is 1.76. The van der Waals surface area contributed by atoms with Gasteiger partial charge in [-0.2, -0.15) is 16.4 Å². The molecular formula is C12H16N4O2S. The van der Waals surface area contributed by atoms with Crippen molar-refractivity contribution in [1.82, 2.24) is 15.1 Å². The Bertz CT molecular complexity index is 531. The van der Waals surface area contributed by atoms with E-state index in [2.05, 4.69) is 15.7 Å². The zero-order valence-corrected chi connectivity index (χ0v) is 11.6. The van der Waals surface area contributed by atoms with Gasteiger partial charge in [0.25, 0.3) is 0 Å². The first-order valence-electron chi connectivity index (χ1n) is 5.82. The highest BCUT2D eigenvalue weighted by molar-refractivity contribution is 7.07. The molecule has 0 aromatic carbocycles. The standard InChI is InChI=1S/C12H16N4O2S/c1-8-5-11(15-16(8)2)14-12(18)13-6-10(17)9-3-4-19-7-9/h3-5,7,10,17H,6H2,1-2H3,(H2,13,14,15,18). The van der Waals surface area contributed by atoms with Crippen molar-refractivity contribution in [3.8, 4) is 0 Å². The lowest BCUT2D eigenvalue weighted by Gasteiger charge is -2.10. The SMILES string of the molecule is Cc1cc(NC(=O)NCC(O)c2ccsc2)nn1C. The molecule has 0 radical (unpaired) electrons. The lowest BCUT2D eigenvalue weighted by atomic mass is 10.2. The van der Waals surface area contributed by atoms with E-state index in [9.17, 15) is 9.90 Å². The molecule has 6 nitrogen and oxygen atoms in total. The van der Waals surface area contributed by atoms with Crippen LogP contribution in [0.25, 0.3) is 0 Å². The third-order valence-electron chi connectivity index (χ3n) is 2.74. The van der Waals surface area contributed by atoms with Crippen LogP contribution < -0.4 is 10.6 Å². The molecule has 0 fully saturated rings. The van der Waals surface area contributed by atoms with Gasteiger partial charge < -0.3 is 10.4 Å². The number of carbonyl (C=O) groups excluding carboxylic acids is 1. The summed E-state index contributed by atoms with van der Waals surface area (Å²) < 4.78 is 1.68. The van der Waals surface area contributed by atoms with Crippen molar-refractivity contribution in [2.24, 2.45) is 7.05 Å². The Labute approximate surface area is 115 Å². The number of anilines is 1. The predicted octanol–water partition coefficient (Wildman–Crippen LogP) is 1.65. The summed E-state index contributed by atoms with van der Waals surface area (Å²) in [5.74, 6) is 0.488. The molecule has 0 spiro atoms. The second kappa shape index (κ2) is 5.85. The van der Waals surface area contributed by atoms with Crippen LogP contribution in [0.15, 0.2) is 22.9 Å². The fraction of sp³-hybridized carbons (Fsp3) is 0.333. The van der Waals surface area contributed by atoms with Crippen LogP contribution in [0.1, 0.15) is 17.4 Å². The van der Waals surface area contributed by atoms with Crippen LogP contribution in [-0.2, 0) is 7.05 Å². The maximum atomic E-state index is 11.6. The third-order valence-corrected chi connectivity index (χ3v) is 3.44. The van der Waals surface area contributed by atoms with Crippen LogP contribution in [0.2, 0.25) is 0 Å². The maximum Gasteiger partial charge on any atom is 0.320 e. The molecule has 0 bridgehead atoms. The van der Waals surface area contributed by atoms with E-state index in [1.165, 1.54) is 11.3 Å². The number of aryl methyl sites for hydroxylation is 2. The maximum absolute atomic E-state index is 11.6. The van der Waals surface area contributed by atoms with Gasteiger partial charge >= 0.3 is 6.03 Å². The molecule has 2 heterocycles. The largest absolute Gasteiger partial charge is 0.387 e. The van der Waals surface area contributed by atoms with Gasteiger partial charge in [-0.3, -0.25) is 10.00 Å². The van der Waals surface area contributed by atoms with E-state index < -0.39 is 6.10 Å². The Kier molecular flexibility index (Phi) is 4.18. The van der Waals surface area contributed by atoms with Gasteiger partial charge in [0.2, 0.25) is 0 Å². The van der Waals surface area contributed by atoms with Crippen molar-refractivity contribution < 1.29 is 9.90 Å². The number of hydrogen-bond acceptors (Lipinski definition) is 4. The summed E-state index contributed by atoms with van der Waals surface area (Å²) in [6, 6.07) is 3.22. The van der Waals surface area contributed by atoms with Crippen LogP contribution in [0.5, 0.6) is 0 Å². The van der Waals surface area contributed by atoms with Crippen molar-refractivity contribution in [2.45, 2.75) is 13.0 Å². The van der Waals surface area contributed by atoms with Gasteiger partial charge in [0.15, 0.2) is 5.82 Å². The molecule has 3 N–H and O–H groups in total. The molecule has 1 atom stereocenters. The Hall–Kier alpha value is -1.86. The number of nitrogens with one attached hydrogen (secondary N) is 2. The van der Waals surface area contributed by atoms with E-state index in [-0.39, 0.29) is 12.6 Å². The van der Waals surface area contributed by atoms with Crippen molar-refractivity contribution >= 4 is 23.2 Å². The molecule has 2 rings (SSSR count). The van der Waals surface area contributed by atoms with Gasteiger partial charge in [-0.1, -0.05) is 0 Å². The quantitative estimate of drug-likeness (QED) is 0.796. The number of aliphatic hydroxyl groups excluding tert-OH is 1. The summed E-state index contributed by atoms with van der Waals surface area (Å²) >= 11 is 1.51. The highest BCUT2D eigenvalue weighted by Crippen LogP contribution is 2.15. The number of amides is 2. The van der Waals surface area contributed by atoms with Crippen LogP contribution in [0, 0.1) is 6.92 Å². The summed E-state index contributed by atoms with van der Waals surface area (Å²) in [4.78, 5) is 11.6. The molecular weight excluding hydrogens is 264 g/mol. The van der Waals surface area contributed by atoms with E-state index in [0.717, 1.165) is 11.3 Å². The number of thiophene rings is 1. The van der Waals surface area contributed by atoms with Crippen molar-refractivity contribution in [3.05, 3.63) is 34.2 Å². The Morgan fingerprint density at radius 2 is 2.42 bits per heavy atom. The monoisotopic (exact) mass is 280 g/mol. The van der Waals surface area contributed by atoms with Crippen LogP contribution >= 0.6 is 11.3 Å². The van der Waals surface area contributed by atoms with Gasteiger partial charge in [0.1, 0.15) is 0 Å². The Morgan fingerprint density at radius 1 is 1.63 bits per heavy atom. The predicted molar refractivity (Wildman–Crippen MR) is 74.2 cm³/mol.